The lowest BCUT2D eigenvalue weighted by Crippen LogP contribution is -2.19. The second-order valence-corrected chi connectivity index (χ2v) is 4.30. The fraction of sp³-hybridized carbons (Fsp3) is 0.333. The summed E-state index contributed by atoms with van der Waals surface area (Å²) in [6, 6.07) is 3.78. The Kier molecular flexibility index (Phi) is 2.33. The van der Waals surface area contributed by atoms with E-state index >= 15 is 0 Å². The molecule has 5 nitrogen and oxygen atoms in total. The normalized spacial score (nSPS) is 23.4. The summed E-state index contributed by atoms with van der Waals surface area (Å²) in [5, 5.41) is 10.1. The molecule has 0 aromatic carbocycles. The number of hydrogen-bond acceptors (Lipinski definition) is 5. The maximum absolute atomic E-state index is 10.1. The molecule has 1 aliphatic rings. The molecule has 2 aromatic heterocycles. The van der Waals surface area contributed by atoms with Crippen molar-refractivity contribution in [2.24, 2.45) is 0 Å². The molecule has 0 saturated heterocycles. The van der Waals surface area contributed by atoms with E-state index < -0.39 is 6.10 Å². The summed E-state index contributed by atoms with van der Waals surface area (Å²) in [4.78, 5) is 8.10. The molecule has 0 radical (unpaired) electrons. The van der Waals surface area contributed by atoms with Gasteiger partial charge >= 0.3 is 0 Å². The lowest BCUT2D eigenvalue weighted by molar-refractivity contribution is 0.141. The summed E-state index contributed by atoms with van der Waals surface area (Å²) in [7, 11) is 0. The Balaban J connectivity index is 1.97. The van der Waals surface area contributed by atoms with Gasteiger partial charge in [-0.1, -0.05) is 0 Å². The Hall–Kier alpha value is -1.88. The molecule has 2 aromatic rings. The summed E-state index contributed by atoms with van der Waals surface area (Å²) in [6.45, 7) is 0. The second-order valence-electron chi connectivity index (χ2n) is 4.30. The number of nitrogen functional groups attached to an aromatic ring is 1. The Morgan fingerprint density at radius 2 is 2.35 bits per heavy atom. The molecule has 2 heterocycles. The standard InChI is InChI=1S/C12H13N3O2/c13-12-14-6-8-9(15-12)4-7(5-10(8)16)11-2-1-3-17-11/h1-3,6-7,10,16H,4-5H2,(H2,13,14,15). The number of nitrogens with two attached hydrogens (primary N) is 1. The van der Waals surface area contributed by atoms with E-state index in [-0.39, 0.29) is 11.9 Å². The van der Waals surface area contributed by atoms with E-state index in [9.17, 15) is 5.11 Å². The van der Waals surface area contributed by atoms with Gasteiger partial charge in [0.1, 0.15) is 5.76 Å². The lowest BCUT2D eigenvalue weighted by Gasteiger charge is -2.26. The predicted molar refractivity (Wildman–Crippen MR) is 61.2 cm³/mol. The van der Waals surface area contributed by atoms with Gasteiger partial charge in [0.2, 0.25) is 5.95 Å². The predicted octanol–water partition coefficient (Wildman–Crippen LogP) is 1.42. The van der Waals surface area contributed by atoms with E-state index in [0.29, 0.717) is 6.42 Å². The van der Waals surface area contributed by atoms with Gasteiger partial charge in [0.05, 0.1) is 18.1 Å². The maximum Gasteiger partial charge on any atom is 0.220 e. The fourth-order valence-corrected chi connectivity index (χ4v) is 2.34. The lowest BCUT2D eigenvalue weighted by atomic mass is 9.84. The van der Waals surface area contributed by atoms with Crippen LogP contribution in [0.3, 0.4) is 0 Å². The van der Waals surface area contributed by atoms with Crippen LogP contribution in [0.1, 0.15) is 35.5 Å². The Bertz CT molecular complexity index is 525. The van der Waals surface area contributed by atoms with Crippen molar-refractivity contribution in [1.29, 1.82) is 0 Å². The van der Waals surface area contributed by atoms with Gasteiger partial charge in [0, 0.05) is 24.1 Å². The molecule has 0 fully saturated rings. The molecule has 88 valence electrons. The van der Waals surface area contributed by atoms with Crippen LogP contribution in [-0.2, 0) is 6.42 Å². The number of rotatable bonds is 1. The van der Waals surface area contributed by atoms with Crippen molar-refractivity contribution < 1.29 is 9.52 Å². The number of aliphatic hydroxyl groups is 1. The van der Waals surface area contributed by atoms with Gasteiger partial charge in [0.25, 0.3) is 0 Å². The fourth-order valence-electron chi connectivity index (χ4n) is 2.34. The third-order valence-corrected chi connectivity index (χ3v) is 3.17. The average Bonchev–Trinajstić information content (AvgIpc) is 2.81. The number of aliphatic hydroxyl groups excluding tert-OH is 1. The molecule has 0 bridgehead atoms. The molecule has 0 spiro atoms. The van der Waals surface area contributed by atoms with Crippen molar-refractivity contribution in [2.45, 2.75) is 24.9 Å². The van der Waals surface area contributed by atoms with Crippen LogP contribution in [-0.4, -0.2) is 15.1 Å². The van der Waals surface area contributed by atoms with E-state index in [1.807, 2.05) is 12.1 Å². The van der Waals surface area contributed by atoms with Gasteiger partial charge in [-0.2, -0.15) is 0 Å². The van der Waals surface area contributed by atoms with Crippen LogP contribution in [0, 0.1) is 0 Å². The first kappa shape index (κ1) is 10.3. The van der Waals surface area contributed by atoms with Gasteiger partial charge in [0.15, 0.2) is 0 Å². The van der Waals surface area contributed by atoms with Crippen molar-refractivity contribution in [3.63, 3.8) is 0 Å². The first-order valence-electron chi connectivity index (χ1n) is 5.57. The Morgan fingerprint density at radius 3 is 3.12 bits per heavy atom. The summed E-state index contributed by atoms with van der Waals surface area (Å²) in [5.74, 6) is 1.28. The number of hydrogen-bond donors (Lipinski definition) is 2. The maximum atomic E-state index is 10.1. The van der Waals surface area contributed by atoms with E-state index in [0.717, 1.165) is 23.4 Å². The van der Waals surface area contributed by atoms with E-state index in [1.54, 1.807) is 12.5 Å². The largest absolute Gasteiger partial charge is 0.469 e. The smallest absolute Gasteiger partial charge is 0.220 e. The minimum Gasteiger partial charge on any atom is -0.469 e. The molecule has 1 aliphatic carbocycles. The van der Waals surface area contributed by atoms with Crippen LogP contribution < -0.4 is 5.73 Å². The SMILES string of the molecule is Nc1ncc2c(n1)CC(c1ccco1)CC2O. The molecular formula is C12H13N3O2. The minimum atomic E-state index is -0.547. The molecule has 3 N–H and O–H groups in total. The summed E-state index contributed by atoms with van der Waals surface area (Å²) < 4.78 is 5.38. The monoisotopic (exact) mass is 231 g/mol. The van der Waals surface area contributed by atoms with Gasteiger partial charge in [-0.25, -0.2) is 9.97 Å². The highest BCUT2D eigenvalue weighted by Gasteiger charge is 2.29. The second kappa shape index (κ2) is 3.85. The number of aromatic nitrogens is 2. The number of anilines is 1. The highest BCUT2D eigenvalue weighted by molar-refractivity contribution is 5.31. The van der Waals surface area contributed by atoms with Gasteiger partial charge in [-0.3, -0.25) is 0 Å². The van der Waals surface area contributed by atoms with E-state index in [1.165, 1.54) is 0 Å². The van der Waals surface area contributed by atoms with Crippen LogP contribution in [0.2, 0.25) is 0 Å². The van der Waals surface area contributed by atoms with Crippen molar-refractivity contribution in [1.82, 2.24) is 9.97 Å². The zero-order valence-corrected chi connectivity index (χ0v) is 9.21. The average molecular weight is 231 g/mol. The summed E-state index contributed by atoms with van der Waals surface area (Å²) in [6.07, 6.45) is 4.07. The van der Waals surface area contributed by atoms with E-state index in [2.05, 4.69) is 9.97 Å². The molecule has 0 amide bonds. The zero-order chi connectivity index (χ0) is 11.8. The van der Waals surface area contributed by atoms with Crippen molar-refractivity contribution >= 4 is 5.95 Å². The van der Waals surface area contributed by atoms with Gasteiger partial charge in [-0.05, 0) is 18.6 Å². The molecule has 17 heavy (non-hydrogen) atoms. The van der Waals surface area contributed by atoms with Crippen LogP contribution in [0.15, 0.2) is 29.0 Å². The first-order valence-corrected chi connectivity index (χ1v) is 5.57. The van der Waals surface area contributed by atoms with Gasteiger partial charge < -0.3 is 15.3 Å². The minimum absolute atomic E-state index is 0.154. The third-order valence-electron chi connectivity index (χ3n) is 3.17. The summed E-state index contributed by atoms with van der Waals surface area (Å²) in [5.41, 5.74) is 7.16. The Morgan fingerprint density at radius 1 is 1.47 bits per heavy atom. The highest BCUT2D eigenvalue weighted by Crippen LogP contribution is 2.37. The quantitative estimate of drug-likeness (QED) is 0.775. The Labute approximate surface area is 98.3 Å². The molecule has 0 aliphatic heterocycles. The van der Waals surface area contributed by atoms with Crippen molar-refractivity contribution in [2.75, 3.05) is 5.73 Å². The molecule has 3 rings (SSSR count). The highest BCUT2D eigenvalue weighted by atomic mass is 16.3. The molecule has 0 saturated carbocycles. The molecule has 2 unspecified atom stereocenters. The van der Waals surface area contributed by atoms with Crippen LogP contribution in [0.5, 0.6) is 0 Å². The van der Waals surface area contributed by atoms with Crippen molar-refractivity contribution in [3.05, 3.63) is 41.6 Å². The van der Waals surface area contributed by atoms with Crippen LogP contribution in [0.25, 0.3) is 0 Å². The zero-order valence-electron chi connectivity index (χ0n) is 9.21. The number of fused-ring (bicyclic) bond motifs is 1. The molecule has 5 heteroatoms. The van der Waals surface area contributed by atoms with Crippen LogP contribution in [0.4, 0.5) is 5.95 Å². The third kappa shape index (κ3) is 1.78. The van der Waals surface area contributed by atoms with E-state index in [4.69, 9.17) is 10.2 Å². The van der Waals surface area contributed by atoms with Crippen molar-refractivity contribution in [3.8, 4) is 0 Å². The number of nitrogens with zero attached hydrogens (tertiary/aromatic N) is 2. The first-order chi connectivity index (χ1) is 8.24. The summed E-state index contributed by atoms with van der Waals surface area (Å²) >= 11 is 0. The van der Waals surface area contributed by atoms with Gasteiger partial charge in [-0.15, -0.1) is 0 Å². The molecular weight excluding hydrogens is 218 g/mol. The molecule has 2 atom stereocenters. The number of furan rings is 1. The van der Waals surface area contributed by atoms with Crippen LogP contribution >= 0.6 is 0 Å². The topological polar surface area (TPSA) is 85.2 Å².